The number of nitrogens with one attached hydrogen (secondary N) is 1. The van der Waals surface area contributed by atoms with Crippen LogP contribution in [-0.2, 0) is 10.0 Å². The molecule has 8 heteroatoms. The van der Waals surface area contributed by atoms with Crippen molar-refractivity contribution in [1.82, 2.24) is 4.72 Å². The molecule has 0 saturated carbocycles. The molecule has 0 saturated heterocycles. The smallest absolute Gasteiger partial charge is 0.211 e. The lowest BCUT2D eigenvalue weighted by atomic mass is 10.0. The fourth-order valence-electron chi connectivity index (χ4n) is 1.72. The molecule has 0 aliphatic rings. The molecule has 0 aromatic carbocycles. The Balaban J connectivity index is 2.72. The summed E-state index contributed by atoms with van der Waals surface area (Å²) in [5.74, 6) is 0.326. The Bertz CT molecular complexity index is 499. The van der Waals surface area contributed by atoms with Gasteiger partial charge in [-0.1, -0.05) is 52.5 Å². The van der Waals surface area contributed by atoms with Crippen molar-refractivity contribution >= 4 is 60.5 Å². The molecule has 110 valence electrons. The SMILES string of the molecule is CCCC(CCBr)CNS(=O)(=O)c1cc(Cl)sc1Cl. The van der Waals surface area contributed by atoms with E-state index in [9.17, 15) is 8.42 Å². The Kier molecular flexibility index (Phi) is 7.64. The number of hydrogen-bond donors (Lipinski definition) is 1. The first-order valence-electron chi connectivity index (χ1n) is 5.91. The van der Waals surface area contributed by atoms with E-state index in [1.54, 1.807) is 0 Å². The normalized spacial score (nSPS) is 13.7. The minimum Gasteiger partial charge on any atom is -0.211 e. The van der Waals surface area contributed by atoms with Gasteiger partial charge in [0.2, 0.25) is 10.0 Å². The number of thiophene rings is 1. The van der Waals surface area contributed by atoms with Crippen molar-refractivity contribution in [3.8, 4) is 0 Å². The van der Waals surface area contributed by atoms with Crippen LogP contribution in [0.3, 0.4) is 0 Å². The molecule has 1 aromatic heterocycles. The maximum Gasteiger partial charge on any atom is 0.242 e. The fraction of sp³-hybridized carbons (Fsp3) is 0.636. The second kappa shape index (κ2) is 8.20. The van der Waals surface area contributed by atoms with Crippen molar-refractivity contribution in [2.75, 3.05) is 11.9 Å². The van der Waals surface area contributed by atoms with Gasteiger partial charge in [0.25, 0.3) is 0 Å². The van der Waals surface area contributed by atoms with Crippen LogP contribution in [-0.4, -0.2) is 20.3 Å². The first-order chi connectivity index (χ1) is 8.90. The summed E-state index contributed by atoms with van der Waals surface area (Å²) < 4.78 is 27.4. The highest BCUT2D eigenvalue weighted by Crippen LogP contribution is 2.34. The van der Waals surface area contributed by atoms with Gasteiger partial charge in [0.15, 0.2) is 0 Å². The van der Waals surface area contributed by atoms with E-state index in [1.807, 2.05) is 0 Å². The molecule has 1 rings (SSSR count). The Labute approximate surface area is 136 Å². The van der Waals surface area contributed by atoms with Crippen molar-refractivity contribution in [3.05, 3.63) is 14.7 Å². The molecular formula is C11H16BrCl2NO2S2. The lowest BCUT2D eigenvalue weighted by Crippen LogP contribution is -2.29. The zero-order valence-corrected chi connectivity index (χ0v) is 15.2. The first-order valence-corrected chi connectivity index (χ1v) is 10.1. The zero-order valence-electron chi connectivity index (χ0n) is 10.5. The van der Waals surface area contributed by atoms with Crippen LogP contribution in [0.1, 0.15) is 26.2 Å². The molecular weight excluding hydrogens is 393 g/mol. The van der Waals surface area contributed by atoms with Crippen LogP contribution >= 0.6 is 50.5 Å². The standard InChI is InChI=1S/C11H16BrCl2NO2S2/c1-2-3-8(4-5-12)7-15-19(16,17)9-6-10(13)18-11(9)14/h6,8,15H,2-5,7H2,1H3. The van der Waals surface area contributed by atoms with Crippen LogP contribution in [0, 0.1) is 5.92 Å². The molecule has 19 heavy (non-hydrogen) atoms. The number of rotatable bonds is 8. The summed E-state index contributed by atoms with van der Waals surface area (Å²) in [6.07, 6.45) is 2.96. The van der Waals surface area contributed by atoms with Gasteiger partial charge < -0.3 is 0 Å². The summed E-state index contributed by atoms with van der Waals surface area (Å²) in [6, 6.07) is 1.39. The molecule has 1 aromatic rings. The van der Waals surface area contributed by atoms with E-state index in [-0.39, 0.29) is 9.23 Å². The lowest BCUT2D eigenvalue weighted by Gasteiger charge is -2.15. The highest BCUT2D eigenvalue weighted by molar-refractivity contribution is 9.09. The maximum absolute atomic E-state index is 12.1. The Morgan fingerprint density at radius 1 is 1.42 bits per heavy atom. The summed E-state index contributed by atoms with van der Waals surface area (Å²) in [5, 5.41) is 0.866. The predicted molar refractivity (Wildman–Crippen MR) is 86.3 cm³/mol. The van der Waals surface area contributed by atoms with E-state index in [0.717, 1.165) is 35.9 Å². The molecule has 0 radical (unpaired) electrons. The van der Waals surface area contributed by atoms with Crippen LogP contribution < -0.4 is 4.72 Å². The average molecular weight is 409 g/mol. The Morgan fingerprint density at radius 2 is 2.11 bits per heavy atom. The van der Waals surface area contributed by atoms with Crippen molar-refractivity contribution < 1.29 is 8.42 Å². The van der Waals surface area contributed by atoms with Gasteiger partial charge in [-0.25, -0.2) is 13.1 Å². The highest BCUT2D eigenvalue weighted by Gasteiger charge is 2.21. The predicted octanol–water partition coefficient (Wildman–Crippen LogP) is 4.53. The van der Waals surface area contributed by atoms with E-state index in [2.05, 4.69) is 27.6 Å². The molecule has 1 atom stereocenters. The van der Waals surface area contributed by atoms with Gasteiger partial charge in [-0.15, -0.1) is 11.3 Å². The van der Waals surface area contributed by atoms with Crippen LogP contribution in [0.4, 0.5) is 0 Å². The molecule has 1 heterocycles. The fourth-order valence-corrected chi connectivity index (χ4v) is 5.64. The number of hydrogen-bond acceptors (Lipinski definition) is 3. The van der Waals surface area contributed by atoms with Crippen molar-refractivity contribution in [3.63, 3.8) is 0 Å². The zero-order chi connectivity index (χ0) is 14.5. The van der Waals surface area contributed by atoms with E-state index < -0.39 is 10.0 Å². The average Bonchev–Trinajstić information content (AvgIpc) is 2.67. The van der Waals surface area contributed by atoms with E-state index in [4.69, 9.17) is 23.2 Å². The van der Waals surface area contributed by atoms with E-state index in [1.165, 1.54) is 6.07 Å². The quantitative estimate of drug-likeness (QED) is 0.642. The van der Waals surface area contributed by atoms with Crippen LogP contribution in [0.2, 0.25) is 8.67 Å². The van der Waals surface area contributed by atoms with Crippen molar-refractivity contribution in [2.24, 2.45) is 5.92 Å². The highest BCUT2D eigenvalue weighted by atomic mass is 79.9. The van der Waals surface area contributed by atoms with Gasteiger partial charge >= 0.3 is 0 Å². The molecule has 1 unspecified atom stereocenters. The van der Waals surface area contributed by atoms with Gasteiger partial charge in [0.05, 0.1) is 4.34 Å². The number of halogens is 3. The summed E-state index contributed by atoms with van der Waals surface area (Å²) in [6.45, 7) is 2.51. The van der Waals surface area contributed by atoms with E-state index >= 15 is 0 Å². The molecule has 3 nitrogen and oxygen atoms in total. The van der Waals surface area contributed by atoms with Crippen LogP contribution in [0.5, 0.6) is 0 Å². The van der Waals surface area contributed by atoms with Gasteiger partial charge in [-0.05, 0) is 24.8 Å². The summed E-state index contributed by atoms with van der Waals surface area (Å²) >= 11 is 16.1. The number of sulfonamides is 1. The molecule has 0 aliphatic carbocycles. The van der Waals surface area contributed by atoms with Crippen molar-refractivity contribution in [2.45, 2.75) is 31.1 Å². The molecule has 0 fully saturated rings. The lowest BCUT2D eigenvalue weighted by molar-refractivity contribution is 0.459. The number of alkyl halides is 1. The topological polar surface area (TPSA) is 46.2 Å². The second-order valence-corrected chi connectivity index (χ2v) is 8.99. The maximum atomic E-state index is 12.1. The second-order valence-electron chi connectivity index (χ2n) is 4.17. The molecule has 0 spiro atoms. The van der Waals surface area contributed by atoms with Crippen LogP contribution in [0.15, 0.2) is 11.0 Å². The van der Waals surface area contributed by atoms with Gasteiger partial charge in [0.1, 0.15) is 9.23 Å². The molecule has 0 amide bonds. The third kappa shape index (κ3) is 5.52. The monoisotopic (exact) mass is 407 g/mol. The van der Waals surface area contributed by atoms with Gasteiger partial charge in [0, 0.05) is 11.9 Å². The largest absolute Gasteiger partial charge is 0.242 e. The van der Waals surface area contributed by atoms with Crippen LogP contribution in [0.25, 0.3) is 0 Å². The van der Waals surface area contributed by atoms with E-state index in [0.29, 0.717) is 16.8 Å². The Hall–Kier alpha value is 0.670. The summed E-state index contributed by atoms with van der Waals surface area (Å²) in [5.41, 5.74) is 0. The van der Waals surface area contributed by atoms with Gasteiger partial charge in [-0.2, -0.15) is 0 Å². The minimum absolute atomic E-state index is 0.0678. The molecule has 0 aliphatic heterocycles. The summed E-state index contributed by atoms with van der Waals surface area (Å²) in [7, 11) is -3.57. The Morgan fingerprint density at radius 3 is 2.58 bits per heavy atom. The molecule has 0 bridgehead atoms. The minimum atomic E-state index is -3.57. The first kappa shape index (κ1) is 17.7. The van der Waals surface area contributed by atoms with Crippen molar-refractivity contribution in [1.29, 1.82) is 0 Å². The third-order valence-corrected chi connectivity index (χ3v) is 6.33. The molecule has 1 N–H and O–H groups in total. The summed E-state index contributed by atoms with van der Waals surface area (Å²) in [4.78, 5) is 0.0678. The van der Waals surface area contributed by atoms with Gasteiger partial charge in [-0.3, -0.25) is 0 Å². The third-order valence-electron chi connectivity index (χ3n) is 2.69.